The van der Waals surface area contributed by atoms with Gasteiger partial charge in [0.25, 0.3) is 0 Å². The molecule has 1 aliphatic carbocycles. The monoisotopic (exact) mass is 383 g/mol. The number of likely N-dealkylation sites (tertiary alicyclic amines) is 2. The molecule has 3 aliphatic rings. The summed E-state index contributed by atoms with van der Waals surface area (Å²) in [5.74, 6) is 1.16. The Morgan fingerprint density at radius 3 is 2.61 bits per heavy atom. The summed E-state index contributed by atoms with van der Waals surface area (Å²) in [5.41, 5.74) is 2.42. The second kappa shape index (κ2) is 8.95. The SMILES string of the molecule is CN=C(NCc1cccc(CN2CCCC2=O)c1)NC1CCN(C2CC2)CC1. The van der Waals surface area contributed by atoms with Gasteiger partial charge in [0.1, 0.15) is 0 Å². The summed E-state index contributed by atoms with van der Waals surface area (Å²) in [7, 11) is 1.84. The van der Waals surface area contributed by atoms with Crippen LogP contribution in [0.3, 0.4) is 0 Å². The molecular formula is C22H33N5O. The van der Waals surface area contributed by atoms with Crippen molar-refractivity contribution in [2.75, 3.05) is 26.7 Å². The molecular weight excluding hydrogens is 350 g/mol. The van der Waals surface area contributed by atoms with E-state index in [4.69, 9.17) is 0 Å². The minimum Gasteiger partial charge on any atom is -0.354 e. The van der Waals surface area contributed by atoms with Gasteiger partial charge in [-0.05, 0) is 43.2 Å². The zero-order valence-electron chi connectivity index (χ0n) is 17.0. The number of hydrogen-bond acceptors (Lipinski definition) is 3. The van der Waals surface area contributed by atoms with E-state index in [1.54, 1.807) is 0 Å². The van der Waals surface area contributed by atoms with Crippen LogP contribution < -0.4 is 10.6 Å². The molecule has 2 heterocycles. The topological polar surface area (TPSA) is 60.0 Å². The first-order valence-electron chi connectivity index (χ1n) is 10.8. The van der Waals surface area contributed by atoms with Gasteiger partial charge >= 0.3 is 0 Å². The van der Waals surface area contributed by atoms with Crippen molar-refractivity contribution in [1.82, 2.24) is 20.4 Å². The number of piperidine rings is 1. The molecule has 6 nitrogen and oxygen atoms in total. The Kier molecular flexibility index (Phi) is 6.15. The van der Waals surface area contributed by atoms with Gasteiger partial charge in [0.05, 0.1) is 0 Å². The van der Waals surface area contributed by atoms with Crippen LogP contribution in [0, 0.1) is 0 Å². The van der Waals surface area contributed by atoms with Crippen LogP contribution in [0.25, 0.3) is 0 Å². The fourth-order valence-electron chi connectivity index (χ4n) is 4.35. The average molecular weight is 384 g/mol. The molecule has 1 amide bonds. The lowest BCUT2D eigenvalue weighted by Gasteiger charge is -2.33. The first-order chi connectivity index (χ1) is 13.7. The molecule has 1 saturated carbocycles. The summed E-state index contributed by atoms with van der Waals surface area (Å²) in [6.45, 7) is 4.76. The minimum absolute atomic E-state index is 0.279. The maximum atomic E-state index is 11.9. The smallest absolute Gasteiger partial charge is 0.222 e. The highest BCUT2D eigenvalue weighted by Crippen LogP contribution is 2.29. The molecule has 2 aliphatic heterocycles. The third-order valence-corrected chi connectivity index (χ3v) is 6.15. The average Bonchev–Trinajstić information content (AvgIpc) is 3.49. The summed E-state index contributed by atoms with van der Waals surface area (Å²) in [5, 5.41) is 7.05. The number of amides is 1. The number of guanidine groups is 1. The number of hydrogen-bond donors (Lipinski definition) is 2. The summed E-state index contributed by atoms with van der Waals surface area (Å²) < 4.78 is 0. The standard InChI is InChI=1S/C22H33N5O/c1-23-22(25-19-9-12-26(13-10-19)20-7-8-20)24-15-17-4-2-5-18(14-17)16-27-11-3-6-21(27)28/h2,4-5,14,19-20H,3,6-13,15-16H2,1H3,(H2,23,24,25). The molecule has 28 heavy (non-hydrogen) atoms. The molecule has 0 unspecified atom stereocenters. The second-order valence-corrected chi connectivity index (χ2v) is 8.35. The molecule has 0 bridgehead atoms. The van der Waals surface area contributed by atoms with Gasteiger partial charge in [-0.3, -0.25) is 9.79 Å². The fraction of sp³-hybridized carbons (Fsp3) is 0.636. The molecule has 0 aromatic heterocycles. The van der Waals surface area contributed by atoms with Crippen molar-refractivity contribution in [3.05, 3.63) is 35.4 Å². The minimum atomic E-state index is 0.279. The summed E-state index contributed by atoms with van der Waals surface area (Å²) >= 11 is 0. The van der Waals surface area contributed by atoms with Gasteiger partial charge in [0.15, 0.2) is 5.96 Å². The third-order valence-electron chi connectivity index (χ3n) is 6.15. The highest BCUT2D eigenvalue weighted by Gasteiger charge is 2.31. The number of carbonyl (C=O) groups is 1. The van der Waals surface area contributed by atoms with Crippen LogP contribution in [0.15, 0.2) is 29.3 Å². The van der Waals surface area contributed by atoms with Gasteiger partial charge in [-0.25, -0.2) is 0 Å². The molecule has 1 aromatic rings. The van der Waals surface area contributed by atoms with Crippen LogP contribution in [0.2, 0.25) is 0 Å². The normalized spacial score (nSPS) is 22.0. The maximum Gasteiger partial charge on any atom is 0.222 e. The van der Waals surface area contributed by atoms with E-state index in [0.29, 0.717) is 12.5 Å². The number of carbonyl (C=O) groups excluding carboxylic acids is 1. The first-order valence-corrected chi connectivity index (χ1v) is 10.8. The van der Waals surface area contributed by atoms with Crippen LogP contribution in [0.5, 0.6) is 0 Å². The first kappa shape index (κ1) is 19.2. The Hall–Kier alpha value is -2.08. The zero-order valence-corrected chi connectivity index (χ0v) is 17.0. The lowest BCUT2D eigenvalue weighted by atomic mass is 10.1. The van der Waals surface area contributed by atoms with Crippen molar-refractivity contribution >= 4 is 11.9 Å². The Morgan fingerprint density at radius 1 is 1.14 bits per heavy atom. The molecule has 2 saturated heterocycles. The lowest BCUT2D eigenvalue weighted by molar-refractivity contribution is -0.128. The fourth-order valence-corrected chi connectivity index (χ4v) is 4.35. The van der Waals surface area contributed by atoms with Gasteiger partial charge in [-0.2, -0.15) is 0 Å². The van der Waals surface area contributed by atoms with Crippen molar-refractivity contribution in [2.24, 2.45) is 4.99 Å². The van der Waals surface area contributed by atoms with E-state index >= 15 is 0 Å². The number of rotatable bonds is 6. The Bertz CT molecular complexity index is 707. The van der Waals surface area contributed by atoms with Crippen molar-refractivity contribution in [2.45, 2.75) is 63.7 Å². The van der Waals surface area contributed by atoms with Crippen LogP contribution in [0.1, 0.15) is 49.7 Å². The van der Waals surface area contributed by atoms with Crippen LogP contribution in [-0.4, -0.2) is 60.4 Å². The Balaban J connectivity index is 1.24. The highest BCUT2D eigenvalue weighted by molar-refractivity contribution is 5.80. The van der Waals surface area contributed by atoms with Crippen molar-refractivity contribution < 1.29 is 4.79 Å². The quantitative estimate of drug-likeness (QED) is 0.583. The molecule has 0 radical (unpaired) electrons. The van der Waals surface area contributed by atoms with E-state index in [2.05, 4.69) is 44.8 Å². The second-order valence-electron chi connectivity index (χ2n) is 8.35. The van der Waals surface area contributed by atoms with E-state index in [9.17, 15) is 4.79 Å². The number of benzene rings is 1. The maximum absolute atomic E-state index is 11.9. The van der Waals surface area contributed by atoms with E-state index < -0.39 is 0 Å². The Morgan fingerprint density at radius 2 is 1.93 bits per heavy atom. The van der Waals surface area contributed by atoms with Gasteiger partial charge in [-0.1, -0.05) is 24.3 Å². The molecule has 2 N–H and O–H groups in total. The number of nitrogens with one attached hydrogen (secondary N) is 2. The molecule has 152 valence electrons. The predicted molar refractivity (Wildman–Crippen MR) is 112 cm³/mol. The van der Waals surface area contributed by atoms with Gasteiger partial charge in [-0.15, -0.1) is 0 Å². The summed E-state index contributed by atoms with van der Waals surface area (Å²) in [4.78, 5) is 20.9. The molecule has 1 aromatic carbocycles. The van der Waals surface area contributed by atoms with Crippen molar-refractivity contribution in [3.63, 3.8) is 0 Å². The molecule has 3 fully saturated rings. The number of nitrogens with zero attached hydrogens (tertiary/aromatic N) is 3. The number of aliphatic imine (C=N–C) groups is 1. The van der Waals surface area contributed by atoms with Gasteiger partial charge in [0, 0.05) is 58.3 Å². The van der Waals surface area contributed by atoms with Gasteiger partial charge < -0.3 is 20.4 Å². The van der Waals surface area contributed by atoms with Crippen molar-refractivity contribution in [1.29, 1.82) is 0 Å². The van der Waals surface area contributed by atoms with Crippen LogP contribution >= 0.6 is 0 Å². The predicted octanol–water partition coefficient (Wildman–Crippen LogP) is 2.10. The van der Waals surface area contributed by atoms with E-state index in [1.807, 2.05) is 11.9 Å². The van der Waals surface area contributed by atoms with Crippen molar-refractivity contribution in [3.8, 4) is 0 Å². The molecule has 0 spiro atoms. The molecule has 6 heteroatoms. The zero-order chi connectivity index (χ0) is 19.3. The van der Waals surface area contributed by atoms with Crippen LogP contribution in [0.4, 0.5) is 0 Å². The van der Waals surface area contributed by atoms with E-state index in [-0.39, 0.29) is 5.91 Å². The summed E-state index contributed by atoms with van der Waals surface area (Å²) in [6.07, 6.45) is 6.86. The Labute approximate surface area is 168 Å². The van der Waals surface area contributed by atoms with Gasteiger partial charge in [0.2, 0.25) is 5.91 Å². The van der Waals surface area contributed by atoms with Crippen LogP contribution in [-0.2, 0) is 17.9 Å². The lowest BCUT2D eigenvalue weighted by Crippen LogP contribution is -2.48. The third kappa shape index (κ3) is 5.04. The van der Waals surface area contributed by atoms with E-state index in [1.165, 1.54) is 49.9 Å². The molecule has 4 rings (SSSR count). The largest absolute Gasteiger partial charge is 0.354 e. The highest BCUT2D eigenvalue weighted by atomic mass is 16.2. The summed E-state index contributed by atoms with van der Waals surface area (Å²) in [6, 6.07) is 9.89. The van der Waals surface area contributed by atoms with E-state index in [0.717, 1.165) is 38.1 Å². The molecule has 0 atom stereocenters.